The first-order chi connectivity index (χ1) is 19.9. The van der Waals surface area contributed by atoms with Gasteiger partial charge < -0.3 is 18.9 Å². The number of anilines is 1. The van der Waals surface area contributed by atoms with Crippen molar-refractivity contribution < 1.29 is 32.2 Å². The smallest absolute Gasteiger partial charge is 0.416 e. The molecule has 0 saturated carbocycles. The lowest BCUT2D eigenvalue weighted by Crippen LogP contribution is -2.43. The van der Waals surface area contributed by atoms with Crippen molar-refractivity contribution in [3.05, 3.63) is 59.2 Å². The molecule has 0 aliphatic carbocycles. The van der Waals surface area contributed by atoms with E-state index in [0.29, 0.717) is 51.2 Å². The topological polar surface area (TPSA) is 88.9 Å². The molecule has 3 heterocycles. The summed E-state index contributed by atoms with van der Waals surface area (Å²) in [5, 5.41) is 2.76. The molecule has 3 aromatic rings. The van der Waals surface area contributed by atoms with Crippen LogP contribution in [-0.4, -0.2) is 76.3 Å². The SMILES string of the molecule is CC(C)(C)OC(=O)N1CCCC(n2c(NC(=O)c3cccc(C(F)(F)F)c3)nc3cc(CN4CCOCC4)ccc32)C1. The Morgan fingerprint density at radius 1 is 1.07 bits per heavy atom. The number of piperidine rings is 1. The van der Waals surface area contributed by atoms with E-state index in [1.54, 1.807) is 4.90 Å². The van der Waals surface area contributed by atoms with Crippen molar-refractivity contribution in [2.75, 3.05) is 44.7 Å². The number of nitrogens with zero attached hydrogens (tertiary/aromatic N) is 4. The summed E-state index contributed by atoms with van der Waals surface area (Å²) in [5.41, 5.74) is 0.772. The quantitative estimate of drug-likeness (QED) is 0.411. The highest BCUT2D eigenvalue weighted by molar-refractivity contribution is 6.04. The number of imidazole rings is 1. The molecule has 1 N–H and O–H groups in total. The van der Waals surface area contributed by atoms with Crippen molar-refractivity contribution in [3.63, 3.8) is 0 Å². The number of hydrogen-bond acceptors (Lipinski definition) is 6. The molecular weight excluding hydrogens is 551 g/mol. The molecule has 2 amide bonds. The summed E-state index contributed by atoms with van der Waals surface area (Å²) < 4.78 is 52.9. The van der Waals surface area contributed by atoms with Gasteiger partial charge in [0.2, 0.25) is 5.95 Å². The fourth-order valence-electron chi connectivity index (χ4n) is 5.39. The van der Waals surface area contributed by atoms with Crippen LogP contribution in [0.2, 0.25) is 0 Å². The van der Waals surface area contributed by atoms with Gasteiger partial charge in [-0.1, -0.05) is 12.1 Å². The number of fused-ring (bicyclic) bond motifs is 1. The zero-order chi connectivity index (χ0) is 30.1. The number of ether oxygens (including phenoxy) is 2. The van der Waals surface area contributed by atoms with E-state index in [0.717, 1.165) is 36.3 Å². The fourth-order valence-corrected chi connectivity index (χ4v) is 5.39. The van der Waals surface area contributed by atoms with Gasteiger partial charge in [0.1, 0.15) is 5.60 Å². The first kappa shape index (κ1) is 29.8. The van der Waals surface area contributed by atoms with Crippen LogP contribution in [0.3, 0.4) is 0 Å². The van der Waals surface area contributed by atoms with E-state index in [1.807, 2.05) is 43.5 Å². The second-order valence-corrected chi connectivity index (χ2v) is 11.8. The molecule has 42 heavy (non-hydrogen) atoms. The van der Waals surface area contributed by atoms with E-state index in [1.165, 1.54) is 12.1 Å². The van der Waals surface area contributed by atoms with E-state index in [4.69, 9.17) is 14.5 Å². The number of carbonyl (C=O) groups excluding carboxylic acids is 2. The minimum absolute atomic E-state index is 0.129. The van der Waals surface area contributed by atoms with Crippen LogP contribution in [0.5, 0.6) is 0 Å². The van der Waals surface area contributed by atoms with Crippen LogP contribution in [0.4, 0.5) is 23.9 Å². The molecule has 1 aromatic heterocycles. The minimum atomic E-state index is -4.58. The minimum Gasteiger partial charge on any atom is -0.444 e. The van der Waals surface area contributed by atoms with Gasteiger partial charge in [0.15, 0.2) is 0 Å². The van der Waals surface area contributed by atoms with E-state index in [2.05, 4.69) is 10.2 Å². The number of alkyl halides is 3. The zero-order valence-corrected chi connectivity index (χ0v) is 24.0. The van der Waals surface area contributed by atoms with Gasteiger partial charge in [0, 0.05) is 38.3 Å². The van der Waals surface area contributed by atoms with Crippen molar-refractivity contribution in [3.8, 4) is 0 Å². The van der Waals surface area contributed by atoms with Gasteiger partial charge in [0.05, 0.1) is 35.9 Å². The van der Waals surface area contributed by atoms with Crippen molar-refractivity contribution >= 4 is 29.0 Å². The van der Waals surface area contributed by atoms with Crippen molar-refractivity contribution in [2.24, 2.45) is 0 Å². The monoisotopic (exact) mass is 587 g/mol. The Morgan fingerprint density at radius 3 is 2.55 bits per heavy atom. The molecule has 2 aliphatic rings. The summed E-state index contributed by atoms with van der Waals surface area (Å²) in [6.07, 6.45) is -3.57. The molecule has 5 rings (SSSR count). The average molecular weight is 588 g/mol. The summed E-state index contributed by atoms with van der Waals surface area (Å²) in [4.78, 5) is 34.8. The maximum Gasteiger partial charge on any atom is 0.416 e. The Kier molecular flexibility index (Phi) is 8.47. The Bertz CT molecular complexity index is 1440. The van der Waals surface area contributed by atoms with Gasteiger partial charge in [-0.3, -0.25) is 15.0 Å². The van der Waals surface area contributed by atoms with Gasteiger partial charge in [-0.15, -0.1) is 0 Å². The summed E-state index contributed by atoms with van der Waals surface area (Å²) >= 11 is 0. The predicted octanol–water partition coefficient (Wildman–Crippen LogP) is 5.71. The van der Waals surface area contributed by atoms with E-state index < -0.39 is 29.3 Å². The molecule has 1 atom stereocenters. The molecule has 2 fully saturated rings. The molecule has 0 spiro atoms. The Hall–Kier alpha value is -3.64. The molecule has 2 saturated heterocycles. The number of benzene rings is 2. The van der Waals surface area contributed by atoms with Gasteiger partial charge >= 0.3 is 12.3 Å². The van der Waals surface area contributed by atoms with Gasteiger partial charge in [-0.2, -0.15) is 13.2 Å². The van der Waals surface area contributed by atoms with Crippen LogP contribution in [-0.2, 0) is 22.2 Å². The zero-order valence-electron chi connectivity index (χ0n) is 24.0. The molecule has 12 heteroatoms. The van der Waals surface area contributed by atoms with E-state index in [9.17, 15) is 22.8 Å². The summed E-state index contributed by atoms with van der Waals surface area (Å²) in [6.45, 7) is 10.0. The van der Waals surface area contributed by atoms with Gasteiger partial charge in [-0.25, -0.2) is 9.78 Å². The Labute approximate surface area is 242 Å². The predicted molar refractivity (Wildman–Crippen MR) is 151 cm³/mol. The standard InChI is InChI=1S/C30H36F3N5O4/c1-29(2,3)42-28(40)37-11-5-8-23(19-37)38-25-10-9-20(18-36-12-14-41-15-13-36)16-24(25)34-27(38)35-26(39)21-6-4-7-22(17-21)30(31,32)33/h4,6-7,9-10,16-17,23H,5,8,11-15,18-19H2,1-3H3,(H,34,35,39). The largest absolute Gasteiger partial charge is 0.444 e. The molecule has 2 aromatic carbocycles. The van der Waals surface area contributed by atoms with E-state index >= 15 is 0 Å². The highest BCUT2D eigenvalue weighted by Crippen LogP contribution is 2.33. The molecule has 2 aliphatic heterocycles. The van der Waals surface area contributed by atoms with Gasteiger partial charge in [-0.05, 0) is 69.5 Å². The van der Waals surface area contributed by atoms with E-state index in [-0.39, 0.29) is 17.6 Å². The first-order valence-electron chi connectivity index (χ1n) is 14.1. The summed E-state index contributed by atoms with van der Waals surface area (Å²) in [5.74, 6) is -0.488. The second-order valence-electron chi connectivity index (χ2n) is 11.8. The molecule has 1 unspecified atom stereocenters. The van der Waals surface area contributed by atoms with Crippen LogP contribution in [0.1, 0.15) is 61.1 Å². The maximum absolute atomic E-state index is 13.3. The highest BCUT2D eigenvalue weighted by atomic mass is 19.4. The van der Waals surface area contributed by atoms with Crippen LogP contribution in [0, 0.1) is 0 Å². The normalized spacial score (nSPS) is 18.7. The number of nitrogens with one attached hydrogen (secondary N) is 1. The number of aromatic nitrogens is 2. The van der Waals surface area contributed by atoms with Crippen molar-refractivity contribution in [1.29, 1.82) is 0 Å². The van der Waals surface area contributed by atoms with Crippen molar-refractivity contribution in [1.82, 2.24) is 19.4 Å². The number of rotatable bonds is 5. The van der Waals surface area contributed by atoms with Gasteiger partial charge in [0.25, 0.3) is 5.91 Å². The fraction of sp³-hybridized carbons (Fsp3) is 0.500. The number of carbonyl (C=O) groups is 2. The average Bonchev–Trinajstić information content (AvgIpc) is 3.29. The Morgan fingerprint density at radius 2 is 1.83 bits per heavy atom. The third-order valence-electron chi connectivity index (χ3n) is 7.35. The second kappa shape index (κ2) is 11.9. The number of amides is 2. The molecular formula is C30H36F3N5O4. The van der Waals surface area contributed by atoms with Crippen LogP contribution < -0.4 is 5.32 Å². The summed E-state index contributed by atoms with van der Waals surface area (Å²) in [7, 11) is 0. The molecule has 0 bridgehead atoms. The molecule has 9 nitrogen and oxygen atoms in total. The third kappa shape index (κ3) is 7.04. The highest BCUT2D eigenvalue weighted by Gasteiger charge is 2.33. The number of likely N-dealkylation sites (tertiary alicyclic amines) is 1. The molecule has 226 valence electrons. The lowest BCUT2D eigenvalue weighted by Gasteiger charge is -2.35. The maximum atomic E-state index is 13.3. The lowest BCUT2D eigenvalue weighted by atomic mass is 10.1. The summed E-state index contributed by atoms with van der Waals surface area (Å²) in [6, 6.07) is 9.99. The first-order valence-corrected chi connectivity index (χ1v) is 14.1. The van der Waals surface area contributed by atoms with Crippen LogP contribution in [0.25, 0.3) is 11.0 Å². The van der Waals surface area contributed by atoms with Crippen LogP contribution >= 0.6 is 0 Å². The number of halogens is 3. The van der Waals surface area contributed by atoms with Crippen LogP contribution in [0.15, 0.2) is 42.5 Å². The Balaban J connectivity index is 1.47. The third-order valence-corrected chi connectivity index (χ3v) is 7.35. The van der Waals surface area contributed by atoms with Crippen molar-refractivity contribution in [2.45, 2.75) is 58.0 Å². The molecule has 0 radical (unpaired) electrons. The number of morpholine rings is 1. The number of hydrogen-bond donors (Lipinski definition) is 1. The lowest BCUT2D eigenvalue weighted by molar-refractivity contribution is -0.137.